The van der Waals surface area contributed by atoms with Crippen LogP contribution in [0.25, 0.3) is 10.2 Å². The molecular formula is C22H12ClFN2O3S2. The zero-order valence-corrected chi connectivity index (χ0v) is 18.0. The molecule has 5 rings (SSSR count). The number of rotatable bonds is 4. The summed E-state index contributed by atoms with van der Waals surface area (Å²) in [4.78, 5) is 32.3. The Kier molecular flexibility index (Phi) is 4.85. The van der Waals surface area contributed by atoms with Gasteiger partial charge in [0.2, 0.25) is 5.78 Å². The van der Waals surface area contributed by atoms with Crippen molar-refractivity contribution in [2.75, 3.05) is 4.90 Å². The van der Waals surface area contributed by atoms with Gasteiger partial charge in [0.05, 0.1) is 20.7 Å². The van der Waals surface area contributed by atoms with Gasteiger partial charge in [-0.15, -0.1) is 11.3 Å². The molecule has 4 aromatic rings. The Morgan fingerprint density at radius 3 is 2.71 bits per heavy atom. The number of amides is 1. The average molecular weight is 471 g/mol. The lowest BCUT2D eigenvalue weighted by Gasteiger charge is -2.24. The van der Waals surface area contributed by atoms with Crippen molar-refractivity contribution in [3.05, 3.63) is 92.6 Å². The molecule has 1 unspecified atom stereocenters. The second kappa shape index (κ2) is 7.56. The van der Waals surface area contributed by atoms with E-state index in [0.717, 1.165) is 4.70 Å². The van der Waals surface area contributed by atoms with Crippen LogP contribution in [0.5, 0.6) is 0 Å². The highest BCUT2D eigenvalue weighted by Crippen LogP contribution is 2.45. The first-order valence-corrected chi connectivity index (χ1v) is 11.2. The average Bonchev–Trinajstić information content (AvgIpc) is 3.47. The largest absolute Gasteiger partial charge is 0.503 e. The van der Waals surface area contributed by atoms with Gasteiger partial charge in [0.1, 0.15) is 11.9 Å². The summed E-state index contributed by atoms with van der Waals surface area (Å²) in [5.41, 5.74) is 0.522. The maximum absolute atomic E-state index is 14.8. The maximum Gasteiger partial charge on any atom is 0.296 e. The maximum atomic E-state index is 14.8. The van der Waals surface area contributed by atoms with Crippen LogP contribution in [0.2, 0.25) is 5.02 Å². The standard InChI is InChI=1S/C22H12ClFN2O3S2/c23-11-7-8-14-16(10-11)31-22(25-14)26-18(12-4-1-2-5-13(12)24)17(20(28)21(26)29)19(27)15-6-3-9-30-15/h1-10,18,28H. The summed E-state index contributed by atoms with van der Waals surface area (Å²) in [5, 5.41) is 13.2. The van der Waals surface area contributed by atoms with Crippen molar-refractivity contribution >= 4 is 61.3 Å². The number of aromatic nitrogens is 1. The van der Waals surface area contributed by atoms with Crippen LogP contribution in [-0.2, 0) is 4.79 Å². The van der Waals surface area contributed by atoms with Crippen LogP contribution in [0.4, 0.5) is 9.52 Å². The third kappa shape index (κ3) is 3.23. The molecule has 9 heteroatoms. The van der Waals surface area contributed by atoms with Crippen molar-refractivity contribution in [3.63, 3.8) is 0 Å². The van der Waals surface area contributed by atoms with Crippen LogP contribution in [0.15, 0.2) is 71.3 Å². The van der Waals surface area contributed by atoms with Crippen LogP contribution in [0, 0.1) is 5.82 Å². The SMILES string of the molecule is O=C(C1=C(O)C(=O)N(c2nc3ccc(Cl)cc3s2)C1c1ccccc1F)c1cccs1. The molecule has 0 saturated heterocycles. The summed E-state index contributed by atoms with van der Waals surface area (Å²) in [6, 6.07) is 13.1. The summed E-state index contributed by atoms with van der Waals surface area (Å²) >= 11 is 8.41. The van der Waals surface area contributed by atoms with Crippen molar-refractivity contribution in [2.45, 2.75) is 6.04 Å². The van der Waals surface area contributed by atoms with E-state index in [-0.39, 0.29) is 16.3 Å². The fourth-order valence-corrected chi connectivity index (χ4v) is 5.50. The molecule has 0 spiro atoms. The smallest absolute Gasteiger partial charge is 0.296 e. The summed E-state index contributed by atoms with van der Waals surface area (Å²) in [5.74, 6) is -2.64. The summed E-state index contributed by atoms with van der Waals surface area (Å²) in [6.45, 7) is 0. The molecule has 2 aromatic carbocycles. The van der Waals surface area contributed by atoms with Gasteiger partial charge >= 0.3 is 0 Å². The Labute approximate surface area is 188 Å². The lowest BCUT2D eigenvalue weighted by molar-refractivity contribution is -0.117. The molecule has 0 saturated carbocycles. The molecule has 0 fully saturated rings. The fourth-order valence-electron chi connectivity index (χ4n) is 3.56. The molecule has 1 aliphatic heterocycles. The molecule has 1 atom stereocenters. The van der Waals surface area contributed by atoms with E-state index in [0.29, 0.717) is 15.4 Å². The van der Waals surface area contributed by atoms with Crippen molar-refractivity contribution < 1.29 is 19.1 Å². The highest BCUT2D eigenvalue weighted by molar-refractivity contribution is 7.22. The Balaban J connectivity index is 1.71. The predicted molar refractivity (Wildman–Crippen MR) is 120 cm³/mol. The van der Waals surface area contributed by atoms with E-state index < -0.39 is 29.3 Å². The lowest BCUT2D eigenvalue weighted by Crippen LogP contribution is -2.31. The molecule has 1 aliphatic rings. The second-order valence-corrected chi connectivity index (χ2v) is 9.17. The number of carbonyl (C=O) groups excluding carboxylic acids is 2. The number of ketones is 1. The van der Waals surface area contributed by atoms with Gasteiger partial charge in [-0.2, -0.15) is 0 Å². The van der Waals surface area contributed by atoms with Gasteiger partial charge in [-0.25, -0.2) is 9.37 Å². The zero-order valence-electron chi connectivity index (χ0n) is 15.6. The van der Waals surface area contributed by atoms with E-state index in [9.17, 15) is 19.1 Å². The van der Waals surface area contributed by atoms with E-state index in [4.69, 9.17) is 11.6 Å². The van der Waals surface area contributed by atoms with Gasteiger partial charge in [-0.05, 0) is 35.7 Å². The summed E-state index contributed by atoms with van der Waals surface area (Å²) in [7, 11) is 0. The van der Waals surface area contributed by atoms with Crippen LogP contribution in [0.3, 0.4) is 0 Å². The Morgan fingerprint density at radius 2 is 1.97 bits per heavy atom. The molecule has 5 nitrogen and oxygen atoms in total. The number of fused-ring (bicyclic) bond motifs is 1. The number of hydrogen-bond donors (Lipinski definition) is 1. The van der Waals surface area contributed by atoms with E-state index in [1.165, 1.54) is 45.8 Å². The van der Waals surface area contributed by atoms with E-state index in [1.54, 1.807) is 41.8 Å². The third-order valence-electron chi connectivity index (χ3n) is 4.94. The van der Waals surface area contributed by atoms with Crippen molar-refractivity contribution in [2.24, 2.45) is 0 Å². The normalized spacial score (nSPS) is 16.5. The molecule has 0 radical (unpaired) electrons. The van der Waals surface area contributed by atoms with Gasteiger partial charge in [0.15, 0.2) is 10.9 Å². The number of thiazole rings is 1. The minimum atomic E-state index is -1.15. The number of nitrogens with zero attached hydrogens (tertiary/aromatic N) is 2. The van der Waals surface area contributed by atoms with Gasteiger partial charge in [0, 0.05) is 10.6 Å². The molecule has 0 aliphatic carbocycles. The number of benzene rings is 2. The molecule has 31 heavy (non-hydrogen) atoms. The molecular weight excluding hydrogens is 459 g/mol. The first kappa shape index (κ1) is 19.9. The van der Waals surface area contributed by atoms with Gasteiger partial charge in [-0.1, -0.05) is 47.2 Å². The number of aliphatic hydroxyl groups is 1. The fraction of sp³-hybridized carbons (Fsp3) is 0.0455. The van der Waals surface area contributed by atoms with Crippen molar-refractivity contribution in [1.29, 1.82) is 0 Å². The van der Waals surface area contributed by atoms with Crippen molar-refractivity contribution in [3.8, 4) is 0 Å². The number of anilines is 1. The van der Waals surface area contributed by atoms with Crippen molar-refractivity contribution in [1.82, 2.24) is 4.98 Å². The van der Waals surface area contributed by atoms with Gasteiger partial charge in [-0.3, -0.25) is 14.5 Å². The first-order valence-electron chi connectivity index (χ1n) is 9.11. The van der Waals surface area contributed by atoms with Crippen LogP contribution in [-0.4, -0.2) is 21.8 Å². The second-order valence-electron chi connectivity index (χ2n) is 6.78. The Morgan fingerprint density at radius 1 is 1.16 bits per heavy atom. The first-order chi connectivity index (χ1) is 15.0. The number of carbonyl (C=O) groups is 2. The number of Topliss-reactive ketones (excluding diaryl/α,β-unsaturated/α-hetero) is 1. The Hall–Kier alpha value is -3.07. The lowest BCUT2D eigenvalue weighted by atomic mass is 9.95. The third-order valence-corrected chi connectivity index (χ3v) is 7.06. The highest BCUT2D eigenvalue weighted by Gasteiger charge is 2.47. The van der Waals surface area contributed by atoms with E-state index in [2.05, 4.69) is 4.98 Å². The Bertz CT molecular complexity index is 1380. The van der Waals surface area contributed by atoms with E-state index >= 15 is 0 Å². The molecule has 1 N–H and O–H groups in total. The van der Waals surface area contributed by atoms with Crippen LogP contribution < -0.4 is 4.90 Å². The number of hydrogen-bond acceptors (Lipinski definition) is 6. The monoisotopic (exact) mass is 470 g/mol. The molecule has 2 aromatic heterocycles. The molecule has 3 heterocycles. The van der Waals surface area contributed by atoms with Crippen LogP contribution in [0.1, 0.15) is 21.3 Å². The quantitative estimate of drug-likeness (QED) is 0.375. The summed E-state index contributed by atoms with van der Waals surface area (Å²) < 4.78 is 15.6. The number of halogens is 2. The zero-order chi connectivity index (χ0) is 21.7. The topological polar surface area (TPSA) is 70.5 Å². The minimum Gasteiger partial charge on any atom is -0.503 e. The highest BCUT2D eigenvalue weighted by atomic mass is 35.5. The molecule has 1 amide bonds. The number of aliphatic hydroxyl groups excluding tert-OH is 1. The molecule has 154 valence electrons. The molecule has 0 bridgehead atoms. The minimum absolute atomic E-state index is 0.0945. The van der Waals surface area contributed by atoms with E-state index in [1.807, 2.05) is 0 Å². The number of thiophene rings is 1. The van der Waals surface area contributed by atoms with Gasteiger partial charge < -0.3 is 5.11 Å². The van der Waals surface area contributed by atoms with Crippen LogP contribution >= 0.6 is 34.3 Å². The summed E-state index contributed by atoms with van der Waals surface area (Å²) in [6.07, 6.45) is 0. The van der Waals surface area contributed by atoms with Gasteiger partial charge in [0.25, 0.3) is 5.91 Å². The predicted octanol–water partition coefficient (Wildman–Crippen LogP) is 5.93.